The topological polar surface area (TPSA) is 58.4 Å². The van der Waals surface area contributed by atoms with Gasteiger partial charge < -0.3 is 5.11 Å². The van der Waals surface area contributed by atoms with Crippen molar-refractivity contribution in [3.63, 3.8) is 0 Å². The molecule has 0 aliphatic carbocycles. The second kappa shape index (κ2) is 5.10. The van der Waals surface area contributed by atoms with E-state index in [0.29, 0.717) is 0 Å². The molecule has 18 heavy (non-hydrogen) atoms. The number of carbonyl (C=O) groups is 1. The monoisotopic (exact) mass is 251 g/mol. The zero-order valence-electron chi connectivity index (χ0n) is 11.3. The van der Waals surface area contributed by atoms with Crippen molar-refractivity contribution < 1.29 is 9.90 Å². The lowest BCUT2D eigenvalue weighted by atomic mass is 10.0. The number of carboxylic acid groups (broad SMARTS) is 1. The fourth-order valence-electron chi connectivity index (χ4n) is 2.77. The van der Waals surface area contributed by atoms with Crippen LogP contribution in [0.1, 0.15) is 31.7 Å². The molecule has 5 heteroatoms. The molecule has 2 rings (SSSR count). The molecule has 0 spiro atoms. The quantitative estimate of drug-likeness (QED) is 0.881. The number of aromatic nitrogens is 2. The van der Waals surface area contributed by atoms with E-state index in [1.807, 2.05) is 18.5 Å². The maximum absolute atomic E-state index is 11.1. The van der Waals surface area contributed by atoms with E-state index in [2.05, 4.69) is 23.0 Å². The van der Waals surface area contributed by atoms with Crippen LogP contribution in [0.4, 0.5) is 0 Å². The molecule has 0 amide bonds. The summed E-state index contributed by atoms with van der Waals surface area (Å²) >= 11 is 0. The number of aliphatic carboxylic acids is 1. The number of aryl methyl sites for hydroxylation is 2. The molecule has 0 bridgehead atoms. The van der Waals surface area contributed by atoms with Crippen LogP contribution < -0.4 is 0 Å². The minimum absolute atomic E-state index is 0.100. The standard InChI is InChI=1S/C13H21N3O2/c1-4-16-11(7-9(2)14-16)8-15-6-5-12(10(15)3)13(17)18/h7,10,12H,4-6,8H2,1-3H3,(H,17,18). The molecule has 0 radical (unpaired) electrons. The van der Waals surface area contributed by atoms with Crippen molar-refractivity contribution in [3.05, 3.63) is 17.5 Å². The molecule has 1 aromatic rings. The van der Waals surface area contributed by atoms with Crippen LogP contribution in [0.2, 0.25) is 0 Å². The molecule has 0 saturated carbocycles. The number of nitrogens with zero attached hydrogens (tertiary/aromatic N) is 3. The molecule has 0 aromatic carbocycles. The number of carboxylic acids is 1. The van der Waals surface area contributed by atoms with Crippen molar-refractivity contribution in [2.45, 2.75) is 46.3 Å². The first kappa shape index (κ1) is 13.1. The van der Waals surface area contributed by atoms with E-state index in [-0.39, 0.29) is 12.0 Å². The number of likely N-dealkylation sites (tertiary alicyclic amines) is 1. The van der Waals surface area contributed by atoms with Crippen molar-refractivity contribution in [2.24, 2.45) is 5.92 Å². The molecular weight excluding hydrogens is 230 g/mol. The van der Waals surface area contributed by atoms with Gasteiger partial charge in [0, 0.05) is 19.1 Å². The molecule has 2 unspecified atom stereocenters. The summed E-state index contributed by atoms with van der Waals surface area (Å²) in [6.07, 6.45) is 0.746. The average molecular weight is 251 g/mol. The zero-order chi connectivity index (χ0) is 13.3. The van der Waals surface area contributed by atoms with Gasteiger partial charge in [0.1, 0.15) is 0 Å². The zero-order valence-corrected chi connectivity index (χ0v) is 11.3. The van der Waals surface area contributed by atoms with Crippen molar-refractivity contribution in [1.29, 1.82) is 0 Å². The lowest BCUT2D eigenvalue weighted by Crippen LogP contribution is -2.33. The minimum atomic E-state index is -0.676. The molecule has 1 aliphatic heterocycles. The fraction of sp³-hybridized carbons (Fsp3) is 0.692. The van der Waals surface area contributed by atoms with Gasteiger partial charge in [-0.25, -0.2) is 0 Å². The van der Waals surface area contributed by atoms with E-state index in [9.17, 15) is 4.79 Å². The van der Waals surface area contributed by atoms with Crippen molar-refractivity contribution in [1.82, 2.24) is 14.7 Å². The Kier molecular flexibility index (Phi) is 3.71. The van der Waals surface area contributed by atoms with Crippen molar-refractivity contribution in [2.75, 3.05) is 6.54 Å². The molecule has 2 heterocycles. The second-order valence-electron chi connectivity index (χ2n) is 5.04. The molecule has 1 aliphatic rings. The summed E-state index contributed by atoms with van der Waals surface area (Å²) in [6.45, 7) is 8.57. The second-order valence-corrected chi connectivity index (χ2v) is 5.04. The van der Waals surface area contributed by atoms with Gasteiger partial charge in [0.15, 0.2) is 0 Å². The average Bonchev–Trinajstić information content (AvgIpc) is 2.84. The summed E-state index contributed by atoms with van der Waals surface area (Å²) in [5.41, 5.74) is 2.20. The van der Waals surface area contributed by atoms with Gasteiger partial charge in [-0.2, -0.15) is 5.10 Å². The largest absolute Gasteiger partial charge is 0.481 e. The van der Waals surface area contributed by atoms with Crippen LogP contribution >= 0.6 is 0 Å². The lowest BCUT2D eigenvalue weighted by Gasteiger charge is -2.23. The Balaban J connectivity index is 2.08. The highest BCUT2D eigenvalue weighted by Crippen LogP contribution is 2.26. The van der Waals surface area contributed by atoms with Gasteiger partial charge >= 0.3 is 5.97 Å². The number of hydrogen-bond donors (Lipinski definition) is 1. The molecule has 1 fully saturated rings. The molecule has 1 N–H and O–H groups in total. The number of hydrogen-bond acceptors (Lipinski definition) is 3. The van der Waals surface area contributed by atoms with E-state index in [1.54, 1.807) is 0 Å². The minimum Gasteiger partial charge on any atom is -0.481 e. The first-order valence-corrected chi connectivity index (χ1v) is 6.53. The van der Waals surface area contributed by atoms with E-state index in [1.165, 1.54) is 5.69 Å². The van der Waals surface area contributed by atoms with E-state index >= 15 is 0 Å². The molecule has 2 atom stereocenters. The first-order valence-electron chi connectivity index (χ1n) is 6.53. The Morgan fingerprint density at radius 3 is 2.89 bits per heavy atom. The number of rotatable bonds is 4. The van der Waals surface area contributed by atoms with Gasteiger partial charge in [-0.05, 0) is 39.8 Å². The van der Waals surface area contributed by atoms with Crippen molar-refractivity contribution >= 4 is 5.97 Å². The third kappa shape index (κ3) is 2.41. The Labute approximate surface area is 107 Å². The van der Waals surface area contributed by atoms with Crippen LogP contribution in [0.15, 0.2) is 6.07 Å². The predicted molar refractivity (Wildman–Crippen MR) is 68.3 cm³/mol. The Bertz CT molecular complexity index is 441. The van der Waals surface area contributed by atoms with E-state index in [0.717, 1.165) is 31.7 Å². The van der Waals surface area contributed by atoms with Gasteiger partial charge in [-0.3, -0.25) is 14.4 Å². The Morgan fingerprint density at radius 1 is 1.61 bits per heavy atom. The summed E-state index contributed by atoms with van der Waals surface area (Å²) in [7, 11) is 0. The normalized spacial score (nSPS) is 24.6. The van der Waals surface area contributed by atoms with Gasteiger partial charge in [-0.15, -0.1) is 0 Å². The maximum atomic E-state index is 11.1. The van der Waals surface area contributed by atoms with Crippen LogP contribution in [0.5, 0.6) is 0 Å². The third-order valence-electron chi connectivity index (χ3n) is 3.85. The highest BCUT2D eigenvalue weighted by Gasteiger charge is 2.35. The smallest absolute Gasteiger partial charge is 0.308 e. The van der Waals surface area contributed by atoms with E-state index < -0.39 is 5.97 Å². The molecule has 1 aromatic heterocycles. The Morgan fingerprint density at radius 2 is 2.33 bits per heavy atom. The first-order chi connectivity index (χ1) is 8.52. The Hall–Kier alpha value is -1.36. The van der Waals surface area contributed by atoms with Gasteiger partial charge in [-0.1, -0.05) is 0 Å². The van der Waals surface area contributed by atoms with Gasteiger partial charge in [0.05, 0.1) is 17.3 Å². The van der Waals surface area contributed by atoms with E-state index in [4.69, 9.17) is 5.11 Å². The van der Waals surface area contributed by atoms with Crippen LogP contribution in [0, 0.1) is 12.8 Å². The van der Waals surface area contributed by atoms with Crippen LogP contribution in [0.3, 0.4) is 0 Å². The summed E-state index contributed by atoms with van der Waals surface area (Å²) in [5.74, 6) is -0.908. The van der Waals surface area contributed by atoms with Gasteiger partial charge in [0.2, 0.25) is 0 Å². The highest BCUT2D eigenvalue weighted by molar-refractivity contribution is 5.71. The van der Waals surface area contributed by atoms with Crippen LogP contribution in [-0.4, -0.2) is 38.3 Å². The molecule has 1 saturated heterocycles. The van der Waals surface area contributed by atoms with Crippen LogP contribution in [0.25, 0.3) is 0 Å². The SMILES string of the molecule is CCn1nc(C)cc1CN1CCC(C(=O)O)C1C. The van der Waals surface area contributed by atoms with Crippen molar-refractivity contribution in [3.8, 4) is 0 Å². The van der Waals surface area contributed by atoms with Crippen LogP contribution in [-0.2, 0) is 17.9 Å². The maximum Gasteiger partial charge on any atom is 0.308 e. The highest BCUT2D eigenvalue weighted by atomic mass is 16.4. The van der Waals surface area contributed by atoms with Gasteiger partial charge in [0.25, 0.3) is 0 Å². The molecule has 5 nitrogen and oxygen atoms in total. The summed E-state index contributed by atoms with van der Waals surface area (Å²) < 4.78 is 2.00. The fourth-order valence-corrected chi connectivity index (χ4v) is 2.77. The third-order valence-corrected chi connectivity index (χ3v) is 3.85. The summed E-state index contributed by atoms with van der Waals surface area (Å²) in [4.78, 5) is 13.3. The molecule has 100 valence electrons. The summed E-state index contributed by atoms with van der Waals surface area (Å²) in [5, 5.41) is 13.6. The molecular formula is C13H21N3O2. The lowest BCUT2D eigenvalue weighted by molar-refractivity contribution is -0.142. The predicted octanol–water partition coefficient (Wildman–Crippen LogP) is 1.51. The summed E-state index contributed by atoms with van der Waals surface area (Å²) in [6, 6.07) is 2.19.